The molecule has 0 spiro atoms. The number of carbonyl (C=O) groups is 1. The second-order valence-electron chi connectivity index (χ2n) is 4.97. The standard InChI is InChI=1S/C16H11Cl2NO2S/c1-7-3-10(8(2)22-7)14-6-12(16(20)21)11-4-9(17)5-13(18)15(11)19-14/h3-6H,1-2H3,(H,20,21). The maximum absolute atomic E-state index is 11.6. The molecule has 3 rings (SSSR count). The Morgan fingerprint density at radius 2 is 1.91 bits per heavy atom. The molecule has 0 saturated carbocycles. The Bertz CT molecular complexity index is 918. The van der Waals surface area contributed by atoms with Gasteiger partial charge in [0.2, 0.25) is 0 Å². The summed E-state index contributed by atoms with van der Waals surface area (Å²) in [5, 5.41) is 10.7. The number of aromatic nitrogens is 1. The summed E-state index contributed by atoms with van der Waals surface area (Å²) in [5.41, 5.74) is 2.13. The largest absolute Gasteiger partial charge is 0.478 e. The van der Waals surface area contributed by atoms with Gasteiger partial charge in [-0.25, -0.2) is 9.78 Å². The summed E-state index contributed by atoms with van der Waals surface area (Å²) < 4.78 is 0. The van der Waals surface area contributed by atoms with Gasteiger partial charge in [-0.2, -0.15) is 0 Å². The molecule has 0 atom stereocenters. The molecule has 22 heavy (non-hydrogen) atoms. The smallest absolute Gasteiger partial charge is 0.336 e. The van der Waals surface area contributed by atoms with E-state index in [4.69, 9.17) is 23.2 Å². The first kappa shape index (κ1) is 15.3. The predicted octanol–water partition coefficient (Wildman–Crippen LogP) is 5.59. The maximum Gasteiger partial charge on any atom is 0.336 e. The number of halogens is 2. The van der Waals surface area contributed by atoms with Crippen LogP contribution in [0.15, 0.2) is 24.3 Å². The van der Waals surface area contributed by atoms with Gasteiger partial charge < -0.3 is 5.11 Å². The number of pyridine rings is 1. The van der Waals surface area contributed by atoms with Gasteiger partial charge in [0.15, 0.2) is 0 Å². The highest BCUT2D eigenvalue weighted by Crippen LogP contribution is 2.35. The first-order valence-corrected chi connectivity index (χ1v) is 8.04. The summed E-state index contributed by atoms with van der Waals surface area (Å²) in [7, 11) is 0. The van der Waals surface area contributed by atoms with Crippen LogP contribution in [0.4, 0.5) is 0 Å². The van der Waals surface area contributed by atoms with Crippen molar-refractivity contribution < 1.29 is 9.90 Å². The van der Waals surface area contributed by atoms with Crippen molar-refractivity contribution in [3.05, 3.63) is 49.6 Å². The molecular weight excluding hydrogens is 341 g/mol. The van der Waals surface area contributed by atoms with E-state index in [-0.39, 0.29) is 5.56 Å². The molecule has 2 heterocycles. The monoisotopic (exact) mass is 351 g/mol. The molecule has 6 heteroatoms. The van der Waals surface area contributed by atoms with Crippen molar-refractivity contribution in [2.24, 2.45) is 0 Å². The Kier molecular flexibility index (Phi) is 3.85. The van der Waals surface area contributed by atoms with Crippen LogP contribution in [0, 0.1) is 13.8 Å². The number of rotatable bonds is 2. The fraction of sp³-hybridized carbons (Fsp3) is 0.125. The van der Waals surface area contributed by atoms with Gasteiger partial charge in [0.25, 0.3) is 0 Å². The van der Waals surface area contributed by atoms with Gasteiger partial charge in [0, 0.05) is 25.7 Å². The fourth-order valence-electron chi connectivity index (χ4n) is 2.45. The zero-order valence-electron chi connectivity index (χ0n) is 11.8. The van der Waals surface area contributed by atoms with Crippen LogP contribution in [0.25, 0.3) is 22.2 Å². The summed E-state index contributed by atoms with van der Waals surface area (Å²) in [6.45, 7) is 4.00. The minimum atomic E-state index is -1.03. The van der Waals surface area contributed by atoms with Crippen LogP contribution in [0.2, 0.25) is 10.0 Å². The van der Waals surface area contributed by atoms with Gasteiger partial charge >= 0.3 is 5.97 Å². The first-order chi connectivity index (χ1) is 10.4. The molecule has 112 valence electrons. The average Bonchev–Trinajstić information content (AvgIpc) is 2.76. The van der Waals surface area contributed by atoms with E-state index < -0.39 is 5.97 Å². The van der Waals surface area contributed by atoms with Crippen molar-refractivity contribution in [2.45, 2.75) is 13.8 Å². The second kappa shape index (κ2) is 5.54. The van der Waals surface area contributed by atoms with Crippen molar-refractivity contribution >= 4 is 51.4 Å². The Balaban J connectivity index is 2.39. The third-order valence-electron chi connectivity index (χ3n) is 3.38. The third-order valence-corrected chi connectivity index (χ3v) is 4.85. The van der Waals surface area contributed by atoms with Crippen LogP contribution in [0.5, 0.6) is 0 Å². The number of benzene rings is 1. The number of hydrogen-bond acceptors (Lipinski definition) is 3. The number of carboxylic acid groups (broad SMARTS) is 1. The van der Waals surface area contributed by atoms with E-state index in [1.54, 1.807) is 29.5 Å². The normalized spacial score (nSPS) is 11.1. The van der Waals surface area contributed by atoms with Crippen LogP contribution in [0.3, 0.4) is 0 Å². The summed E-state index contributed by atoms with van der Waals surface area (Å²) in [5.74, 6) is -1.03. The van der Waals surface area contributed by atoms with Crippen LogP contribution in [-0.2, 0) is 0 Å². The lowest BCUT2D eigenvalue weighted by molar-refractivity contribution is 0.0699. The molecule has 3 aromatic rings. The summed E-state index contributed by atoms with van der Waals surface area (Å²) in [6.07, 6.45) is 0. The SMILES string of the molecule is Cc1cc(-c2cc(C(=O)O)c3cc(Cl)cc(Cl)c3n2)c(C)s1. The molecule has 0 fully saturated rings. The molecule has 0 aliphatic heterocycles. The van der Waals surface area contributed by atoms with Gasteiger partial charge in [-0.3, -0.25) is 0 Å². The minimum Gasteiger partial charge on any atom is -0.478 e. The third kappa shape index (κ3) is 2.58. The van der Waals surface area contributed by atoms with E-state index in [0.717, 1.165) is 15.3 Å². The summed E-state index contributed by atoms with van der Waals surface area (Å²) in [6, 6.07) is 6.73. The van der Waals surface area contributed by atoms with Gasteiger partial charge in [-0.1, -0.05) is 23.2 Å². The fourth-order valence-corrected chi connectivity index (χ4v) is 3.92. The van der Waals surface area contributed by atoms with E-state index in [1.807, 2.05) is 19.9 Å². The van der Waals surface area contributed by atoms with Gasteiger partial charge in [0.1, 0.15) is 0 Å². The highest BCUT2D eigenvalue weighted by molar-refractivity contribution is 7.12. The molecule has 0 saturated heterocycles. The minimum absolute atomic E-state index is 0.146. The topological polar surface area (TPSA) is 50.2 Å². The zero-order valence-corrected chi connectivity index (χ0v) is 14.1. The molecule has 0 unspecified atom stereocenters. The van der Waals surface area contributed by atoms with Gasteiger partial charge in [0.05, 0.1) is 21.8 Å². The van der Waals surface area contributed by atoms with E-state index in [1.165, 1.54) is 0 Å². The summed E-state index contributed by atoms with van der Waals surface area (Å²) >= 11 is 13.8. The predicted molar refractivity (Wildman–Crippen MR) is 91.5 cm³/mol. The molecular formula is C16H11Cl2NO2S. The number of thiophene rings is 1. The lowest BCUT2D eigenvalue weighted by Crippen LogP contribution is -2.00. The van der Waals surface area contributed by atoms with Crippen molar-refractivity contribution in [1.82, 2.24) is 4.98 Å². The van der Waals surface area contributed by atoms with Crippen molar-refractivity contribution in [3.8, 4) is 11.3 Å². The highest BCUT2D eigenvalue weighted by Gasteiger charge is 2.17. The molecule has 3 nitrogen and oxygen atoms in total. The van der Waals surface area contributed by atoms with E-state index >= 15 is 0 Å². The van der Waals surface area contributed by atoms with Gasteiger partial charge in [-0.15, -0.1) is 11.3 Å². The Morgan fingerprint density at radius 3 is 2.50 bits per heavy atom. The van der Waals surface area contributed by atoms with E-state index in [2.05, 4.69) is 4.98 Å². The lowest BCUT2D eigenvalue weighted by atomic mass is 10.0. The Hall–Kier alpha value is -1.62. The highest BCUT2D eigenvalue weighted by atomic mass is 35.5. The van der Waals surface area contributed by atoms with Crippen LogP contribution in [-0.4, -0.2) is 16.1 Å². The molecule has 0 aliphatic rings. The number of aromatic carboxylic acids is 1. The van der Waals surface area contributed by atoms with Gasteiger partial charge in [-0.05, 0) is 38.1 Å². The number of nitrogens with zero attached hydrogens (tertiary/aromatic N) is 1. The number of aryl methyl sites for hydroxylation is 2. The summed E-state index contributed by atoms with van der Waals surface area (Å²) in [4.78, 5) is 18.4. The molecule has 0 bridgehead atoms. The quantitative estimate of drug-likeness (QED) is 0.654. The first-order valence-electron chi connectivity index (χ1n) is 6.47. The average molecular weight is 352 g/mol. The van der Waals surface area contributed by atoms with Crippen LogP contribution in [0.1, 0.15) is 20.1 Å². The van der Waals surface area contributed by atoms with Crippen molar-refractivity contribution in [3.63, 3.8) is 0 Å². The Morgan fingerprint density at radius 1 is 1.18 bits per heavy atom. The second-order valence-corrected chi connectivity index (χ2v) is 7.27. The van der Waals surface area contributed by atoms with E-state index in [0.29, 0.717) is 26.6 Å². The van der Waals surface area contributed by atoms with Crippen molar-refractivity contribution in [1.29, 1.82) is 0 Å². The van der Waals surface area contributed by atoms with Crippen LogP contribution >= 0.6 is 34.5 Å². The molecule has 2 aromatic heterocycles. The van der Waals surface area contributed by atoms with E-state index in [9.17, 15) is 9.90 Å². The molecule has 0 radical (unpaired) electrons. The lowest BCUT2D eigenvalue weighted by Gasteiger charge is -2.08. The zero-order chi connectivity index (χ0) is 16.0. The number of fused-ring (bicyclic) bond motifs is 1. The van der Waals surface area contributed by atoms with Crippen molar-refractivity contribution in [2.75, 3.05) is 0 Å². The molecule has 0 amide bonds. The Labute approximate surface area is 141 Å². The maximum atomic E-state index is 11.6. The van der Waals surface area contributed by atoms with Crippen LogP contribution < -0.4 is 0 Å². The number of carboxylic acids is 1. The molecule has 0 aliphatic carbocycles. The number of hydrogen-bond donors (Lipinski definition) is 1. The molecule has 1 aromatic carbocycles. The molecule has 1 N–H and O–H groups in total.